The van der Waals surface area contributed by atoms with Gasteiger partial charge in [-0.1, -0.05) is 30.9 Å². The molecule has 0 aliphatic carbocycles. The molecule has 1 aromatic carbocycles. The van der Waals surface area contributed by atoms with Gasteiger partial charge in [0.15, 0.2) is 12.4 Å². The van der Waals surface area contributed by atoms with Crippen LogP contribution in [0.3, 0.4) is 0 Å². The number of allylic oxidation sites excluding steroid dienone is 4. The fraction of sp³-hybridized carbons (Fsp3) is 0.350. The van der Waals surface area contributed by atoms with Crippen LogP contribution in [-0.2, 0) is 16.1 Å². The number of aliphatic hydroxyl groups excluding tert-OH is 1. The second-order valence-corrected chi connectivity index (χ2v) is 5.92. The van der Waals surface area contributed by atoms with Gasteiger partial charge < -0.3 is 19.5 Å². The highest BCUT2D eigenvalue weighted by atomic mass is 19.1. The number of rotatable bonds is 8. The molecule has 2 rings (SSSR count). The van der Waals surface area contributed by atoms with Gasteiger partial charge in [0, 0.05) is 13.0 Å². The van der Waals surface area contributed by atoms with Crippen molar-refractivity contribution < 1.29 is 23.8 Å². The fourth-order valence-corrected chi connectivity index (χ4v) is 2.51. The molecule has 26 heavy (non-hydrogen) atoms. The lowest BCUT2D eigenvalue weighted by atomic mass is 10.2. The Balaban J connectivity index is 1.78. The number of halogens is 1. The Hall–Kier alpha value is -2.60. The topological polar surface area (TPSA) is 59.0 Å². The summed E-state index contributed by atoms with van der Waals surface area (Å²) in [5, 5.41) is 9.00. The Kier molecular flexibility index (Phi) is 7.41. The number of carbonyl (C=O) groups excluding carboxylic acids is 1. The minimum absolute atomic E-state index is 0.0253. The molecule has 1 saturated heterocycles. The monoisotopic (exact) mass is 361 g/mol. The Labute approximate surface area is 153 Å². The van der Waals surface area contributed by atoms with Gasteiger partial charge in [-0.05, 0) is 30.7 Å². The molecule has 0 saturated carbocycles. The van der Waals surface area contributed by atoms with Crippen molar-refractivity contribution >= 4 is 5.91 Å². The standard InChI is InChI=1S/C20H24FNO4/c1-3-4-5-19(21)15(2)26-18-10-11-22(12-18)20(24)14-25-17-8-6-16(13-23)7-9-17/h3-9,18,23H,2,10-14H2,1H3/b4-3-,19-5+. The van der Waals surface area contributed by atoms with E-state index in [1.165, 1.54) is 6.08 Å². The Morgan fingerprint density at radius 3 is 2.81 bits per heavy atom. The summed E-state index contributed by atoms with van der Waals surface area (Å²) >= 11 is 0. The molecule has 1 heterocycles. The van der Waals surface area contributed by atoms with Gasteiger partial charge in [0.1, 0.15) is 17.6 Å². The molecule has 1 N–H and O–H groups in total. The van der Waals surface area contributed by atoms with Crippen molar-refractivity contribution in [3.63, 3.8) is 0 Å². The maximum Gasteiger partial charge on any atom is 0.260 e. The Bertz CT molecular complexity index is 682. The summed E-state index contributed by atoms with van der Waals surface area (Å²) in [4.78, 5) is 13.9. The van der Waals surface area contributed by atoms with Crippen LogP contribution in [0.2, 0.25) is 0 Å². The summed E-state index contributed by atoms with van der Waals surface area (Å²) in [5.74, 6) is -0.143. The van der Waals surface area contributed by atoms with E-state index >= 15 is 0 Å². The number of aliphatic hydroxyl groups is 1. The largest absolute Gasteiger partial charge is 0.486 e. The van der Waals surface area contributed by atoms with Gasteiger partial charge in [-0.2, -0.15) is 0 Å². The lowest BCUT2D eigenvalue weighted by molar-refractivity contribution is -0.132. The molecular formula is C20H24FNO4. The number of amides is 1. The SMILES string of the molecule is C=C(OC1CCN(C(=O)COc2ccc(CO)cc2)C1)/C(F)=C\C=C/C. The van der Waals surface area contributed by atoms with Gasteiger partial charge in [0.05, 0.1) is 13.2 Å². The van der Waals surface area contributed by atoms with E-state index in [9.17, 15) is 9.18 Å². The number of benzene rings is 1. The number of likely N-dealkylation sites (tertiary alicyclic amines) is 1. The molecule has 1 aromatic rings. The smallest absolute Gasteiger partial charge is 0.260 e. The van der Waals surface area contributed by atoms with E-state index in [0.29, 0.717) is 25.3 Å². The summed E-state index contributed by atoms with van der Waals surface area (Å²) in [5.41, 5.74) is 0.777. The van der Waals surface area contributed by atoms with Crippen LogP contribution >= 0.6 is 0 Å². The zero-order chi connectivity index (χ0) is 18.9. The van der Waals surface area contributed by atoms with Gasteiger partial charge in [0.2, 0.25) is 0 Å². The zero-order valence-corrected chi connectivity index (χ0v) is 14.9. The van der Waals surface area contributed by atoms with Crippen LogP contribution in [0, 0.1) is 0 Å². The molecule has 0 bridgehead atoms. The summed E-state index contributed by atoms with van der Waals surface area (Å²) in [6, 6.07) is 6.89. The Morgan fingerprint density at radius 1 is 1.42 bits per heavy atom. The van der Waals surface area contributed by atoms with E-state index in [4.69, 9.17) is 14.6 Å². The van der Waals surface area contributed by atoms with Crippen LogP contribution in [0.25, 0.3) is 0 Å². The molecular weight excluding hydrogens is 337 g/mol. The highest BCUT2D eigenvalue weighted by Gasteiger charge is 2.28. The third-order valence-electron chi connectivity index (χ3n) is 3.98. The van der Waals surface area contributed by atoms with E-state index in [1.54, 1.807) is 48.2 Å². The van der Waals surface area contributed by atoms with Crippen LogP contribution in [0.1, 0.15) is 18.9 Å². The minimum atomic E-state index is -0.525. The number of hydrogen-bond donors (Lipinski definition) is 1. The molecule has 1 unspecified atom stereocenters. The van der Waals surface area contributed by atoms with Crippen molar-refractivity contribution in [3.05, 3.63) is 66.2 Å². The second-order valence-electron chi connectivity index (χ2n) is 5.92. The van der Waals surface area contributed by atoms with Crippen molar-refractivity contribution in [2.45, 2.75) is 26.1 Å². The molecule has 1 aliphatic heterocycles. The number of carbonyl (C=O) groups is 1. The highest BCUT2D eigenvalue weighted by molar-refractivity contribution is 5.78. The normalized spacial score (nSPS) is 17.6. The third-order valence-corrected chi connectivity index (χ3v) is 3.98. The van der Waals surface area contributed by atoms with Crippen molar-refractivity contribution in [3.8, 4) is 5.75 Å². The average molecular weight is 361 g/mol. The van der Waals surface area contributed by atoms with Crippen molar-refractivity contribution in [1.82, 2.24) is 4.90 Å². The zero-order valence-electron chi connectivity index (χ0n) is 14.9. The van der Waals surface area contributed by atoms with Crippen molar-refractivity contribution in [2.24, 2.45) is 0 Å². The minimum Gasteiger partial charge on any atom is -0.486 e. The molecule has 1 atom stereocenters. The van der Waals surface area contributed by atoms with E-state index in [0.717, 1.165) is 5.56 Å². The van der Waals surface area contributed by atoms with E-state index in [-0.39, 0.29) is 31.0 Å². The van der Waals surface area contributed by atoms with Crippen LogP contribution in [-0.4, -0.2) is 41.7 Å². The molecule has 140 valence electrons. The lowest BCUT2D eigenvalue weighted by Gasteiger charge is -2.18. The van der Waals surface area contributed by atoms with Crippen LogP contribution in [0.15, 0.2) is 60.7 Å². The maximum absolute atomic E-state index is 13.7. The molecule has 0 radical (unpaired) electrons. The van der Waals surface area contributed by atoms with Gasteiger partial charge in [0.25, 0.3) is 5.91 Å². The molecule has 0 spiro atoms. The highest BCUT2D eigenvalue weighted by Crippen LogP contribution is 2.20. The first-order valence-corrected chi connectivity index (χ1v) is 8.48. The third kappa shape index (κ3) is 5.74. The lowest BCUT2D eigenvalue weighted by Crippen LogP contribution is -2.34. The summed E-state index contributed by atoms with van der Waals surface area (Å²) in [6.45, 7) is 6.16. The number of ether oxygens (including phenoxy) is 2. The quantitative estimate of drug-likeness (QED) is 0.571. The van der Waals surface area contributed by atoms with Crippen LogP contribution in [0.5, 0.6) is 5.75 Å². The summed E-state index contributed by atoms with van der Waals surface area (Å²) in [7, 11) is 0. The van der Waals surface area contributed by atoms with Crippen molar-refractivity contribution in [2.75, 3.05) is 19.7 Å². The molecule has 1 aliphatic rings. The van der Waals surface area contributed by atoms with Gasteiger partial charge in [-0.15, -0.1) is 0 Å². The first kappa shape index (κ1) is 19.7. The van der Waals surface area contributed by atoms with Gasteiger partial charge >= 0.3 is 0 Å². The van der Waals surface area contributed by atoms with E-state index in [2.05, 4.69) is 6.58 Å². The van der Waals surface area contributed by atoms with E-state index in [1.807, 2.05) is 0 Å². The molecule has 6 heteroatoms. The molecule has 0 aromatic heterocycles. The first-order valence-electron chi connectivity index (χ1n) is 8.48. The number of nitrogens with zero attached hydrogens (tertiary/aromatic N) is 1. The van der Waals surface area contributed by atoms with Gasteiger partial charge in [-0.25, -0.2) is 4.39 Å². The predicted octanol–water partition coefficient (Wildman–Crippen LogP) is 3.12. The summed E-state index contributed by atoms with van der Waals surface area (Å²) < 4.78 is 24.7. The first-order chi connectivity index (χ1) is 12.5. The predicted molar refractivity (Wildman–Crippen MR) is 97.1 cm³/mol. The maximum atomic E-state index is 13.7. The average Bonchev–Trinajstić information content (AvgIpc) is 3.13. The molecule has 1 amide bonds. The molecule has 1 fully saturated rings. The van der Waals surface area contributed by atoms with Crippen LogP contribution < -0.4 is 4.74 Å². The van der Waals surface area contributed by atoms with Crippen molar-refractivity contribution in [1.29, 1.82) is 0 Å². The van der Waals surface area contributed by atoms with E-state index < -0.39 is 5.83 Å². The Morgan fingerprint density at radius 2 is 2.15 bits per heavy atom. The number of hydrogen-bond acceptors (Lipinski definition) is 4. The fourth-order valence-electron chi connectivity index (χ4n) is 2.51. The van der Waals surface area contributed by atoms with Crippen LogP contribution in [0.4, 0.5) is 4.39 Å². The summed E-state index contributed by atoms with van der Waals surface area (Å²) in [6.07, 6.45) is 4.90. The second kappa shape index (κ2) is 9.77. The molecule has 5 nitrogen and oxygen atoms in total. The van der Waals surface area contributed by atoms with Gasteiger partial charge in [-0.3, -0.25) is 4.79 Å².